The Kier molecular flexibility index (Phi) is 7.37. The van der Waals surface area contributed by atoms with Gasteiger partial charge in [-0.2, -0.15) is 0 Å². The van der Waals surface area contributed by atoms with Crippen molar-refractivity contribution < 1.29 is 23.8 Å². The molecule has 1 N–H and O–H groups in total. The Hall–Kier alpha value is -3.44. The van der Waals surface area contributed by atoms with Gasteiger partial charge in [-0.25, -0.2) is 9.37 Å². The molecule has 0 bridgehead atoms. The molecular weight excluding hydrogens is 449 g/mol. The summed E-state index contributed by atoms with van der Waals surface area (Å²) in [4.78, 5) is 33.7. The van der Waals surface area contributed by atoms with Crippen LogP contribution in [0.25, 0.3) is 0 Å². The Morgan fingerprint density at radius 3 is 2.77 bits per heavy atom. The number of aliphatic hydroxyl groups is 1. The van der Waals surface area contributed by atoms with Crippen LogP contribution in [-0.2, 0) is 4.79 Å². The van der Waals surface area contributed by atoms with Crippen molar-refractivity contribution in [2.24, 2.45) is 11.8 Å². The molecule has 7 nitrogen and oxygen atoms in total. The molecule has 4 rings (SSSR count). The van der Waals surface area contributed by atoms with Crippen LogP contribution in [0.4, 0.5) is 4.39 Å². The van der Waals surface area contributed by atoms with E-state index in [1.54, 1.807) is 48.0 Å². The van der Waals surface area contributed by atoms with Crippen molar-refractivity contribution in [3.63, 3.8) is 0 Å². The highest BCUT2D eigenvalue weighted by Crippen LogP contribution is 2.32. The molecule has 184 valence electrons. The number of hydrogen-bond donors (Lipinski definition) is 1. The molecule has 0 unspecified atom stereocenters. The molecule has 0 spiro atoms. The number of nitrogens with zero attached hydrogens (tertiary/aromatic N) is 3. The second-order valence-electron chi connectivity index (χ2n) is 9.42. The first kappa shape index (κ1) is 24.7. The highest BCUT2D eigenvalue weighted by Gasteiger charge is 2.37. The van der Waals surface area contributed by atoms with Crippen LogP contribution in [0.15, 0.2) is 36.5 Å². The number of ether oxygens (including phenoxy) is 1. The van der Waals surface area contributed by atoms with Crippen LogP contribution in [0.3, 0.4) is 0 Å². The highest BCUT2D eigenvalue weighted by atomic mass is 19.1. The number of pyridine rings is 1. The molecule has 1 aromatic heterocycles. The second-order valence-corrected chi connectivity index (χ2v) is 9.42. The number of amides is 2. The lowest BCUT2D eigenvalue weighted by Crippen LogP contribution is -2.50. The molecule has 8 heteroatoms. The van der Waals surface area contributed by atoms with E-state index in [9.17, 15) is 19.1 Å². The molecule has 1 fully saturated rings. The largest absolute Gasteiger partial charge is 0.472 e. The van der Waals surface area contributed by atoms with Crippen LogP contribution in [0.1, 0.15) is 48.2 Å². The summed E-state index contributed by atoms with van der Waals surface area (Å²) in [6.45, 7) is 4.26. The maximum atomic E-state index is 13.9. The van der Waals surface area contributed by atoms with Crippen molar-refractivity contribution in [3.8, 4) is 17.7 Å². The van der Waals surface area contributed by atoms with E-state index in [0.717, 1.165) is 12.8 Å². The first-order valence-corrected chi connectivity index (χ1v) is 11.9. The average Bonchev–Trinajstić information content (AvgIpc) is 3.70. The maximum Gasteiger partial charge on any atom is 0.259 e. The van der Waals surface area contributed by atoms with Crippen molar-refractivity contribution in [1.29, 1.82) is 0 Å². The minimum atomic E-state index is -0.428. The number of rotatable bonds is 5. The molecule has 1 saturated carbocycles. The van der Waals surface area contributed by atoms with E-state index in [4.69, 9.17) is 4.74 Å². The number of aromatic nitrogens is 1. The standard InChI is InChI=1S/C27H30FN3O4/c1-17-14-31(18(2)16-32)27(34)22-12-19(8-9-20-6-4-5-7-23(20)28)13-29-25(22)35-24(17)15-30(3)26(33)21-10-11-21/h4-7,12-13,17-18,21,24,32H,10-11,14-16H2,1-3H3/t17-,18-,24-/m1/s1. The molecule has 1 aliphatic carbocycles. The van der Waals surface area contributed by atoms with E-state index in [-0.39, 0.29) is 47.3 Å². The highest BCUT2D eigenvalue weighted by molar-refractivity contribution is 5.97. The molecular formula is C27H30FN3O4. The predicted octanol–water partition coefficient (Wildman–Crippen LogP) is 2.71. The van der Waals surface area contributed by atoms with E-state index < -0.39 is 18.0 Å². The molecule has 3 atom stereocenters. The van der Waals surface area contributed by atoms with Gasteiger partial charge in [0.1, 0.15) is 17.5 Å². The summed E-state index contributed by atoms with van der Waals surface area (Å²) >= 11 is 0. The molecule has 2 amide bonds. The normalized spacial score (nSPS) is 20.5. The minimum Gasteiger partial charge on any atom is -0.472 e. The Balaban J connectivity index is 1.67. The quantitative estimate of drug-likeness (QED) is 0.667. The van der Waals surface area contributed by atoms with E-state index in [0.29, 0.717) is 18.7 Å². The Labute approximate surface area is 204 Å². The zero-order valence-electron chi connectivity index (χ0n) is 20.2. The maximum absolute atomic E-state index is 13.9. The Bertz CT molecular complexity index is 1170. The van der Waals surface area contributed by atoms with Crippen molar-refractivity contribution in [3.05, 3.63) is 59.0 Å². The number of likely N-dealkylation sites (N-methyl/N-ethyl adjacent to an activating group) is 1. The van der Waals surface area contributed by atoms with Gasteiger partial charge in [0.15, 0.2) is 0 Å². The first-order chi connectivity index (χ1) is 16.8. The molecule has 0 saturated heterocycles. The second kappa shape index (κ2) is 10.4. The molecule has 1 aliphatic heterocycles. The molecule has 2 aliphatic rings. The average molecular weight is 480 g/mol. The molecule has 35 heavy (non-hydrogen) atoms. The summed E-state index contributed by atoms with van der Waals surface area (Å²) in [5, 5.41) is 9.79. The van der Waals surface area contributed by atoms with Gasteiger partial charge < -0.3 is 19.6 Å². The van der Waals surface area contributed by atoms with Crippen molar-refractivity contribution >= 4 is 11.8 Å². The van der Waals surface area contributed by atoms with Gasteiger partial charge >= 0.3 is 0 Å². The SMILES string of the molecule is C[C@@H]1CN([C@H](C)CO)C(=O)c2cc(C#Cc3ccccc3F)cnc2O[C@@H]1CN(C)C(=O)C1CC1. The fraction of sp³-hybridized carbons (Fsp3) is 0.444. The van der Waals surface area contributed by atoms with Gasteiger partial charge in [-0.3, -0.25) is 9.59 Å². The van der Waals surface area contributed by atoms with E-state index in [1.807, 2.05) is 6.92 Å². The van der Waals surface area contributed by atoms with Crippen molar-refractivity contribution in [2.45, 2.75) is 38.8 Å². The number of aliphatic hydroxyl groups excluding tert-OH is 1. The third-order valence-corrected chi connectivity index (χ3v) is 6.49. The lowest BCUT2D eigenvalue weighted by atomic mass is 9.99. The monoisotopic (exact) mass is 479 g/mol. The van der Waals surface area contributed by atoms with Gasteiger partial charge in [0.2, 0.25) is 11.8 Å². The van der Waals surface area contributed by atoms with E-state index >= 15 is 0 Å². The van der Waals surface area contributed by atoms with Crippen LogP contribution in [0, 0.1) is 29.5 Å². The van der Waals surface area contributed by atoms with Crippen LogP contribution in [0.5, 0.6) is 5.88 Å². The molecule has 2 heterocycles. The number of benzene rings is 1. The van der Waals surface area contributed by atoms with Gasteiger partial charge in [0.05, 0.1) is 24.8 Å². The van der Waals surface area contributed by atoms with Gasteiger partial charge in [0, 0.05) is 37.2 Å². The van der Waals surface area contributed by atoms with Crippen molar-refractivity contribution in [2.75, 3.05) is 26.7 Å². The third kappa shape index (κ3) is 5.63. The lowest BCUT2D eigenvalue weighted by Gasteiger charge is -2.37. The van der Waals surface area contributed by atoms with Crippen LogP contribution < -0.4 is 4.74 Å². The number of carbonyl (C=O) groups is 2. The summed E-state index contributed by atoms with van der Waals surface area (Å²) in [7, 11) is 1.77. The van der Waals surface area contributed by atoms with Gasteiger partial charge in [-0.1, -0.05) is 30.9 Å². The van der Waals surface area contributed by atoms with E-state index in [2.05, 4.69) is 16.8 Å². The van der Waals surface area contributed by atoms with Gasteiger partial charge in [0.25, 0.3) is 5.91 Å². The zero-order chi connectivity index (χ0) is 25.1. The van der Waals surface area contributed by atoms with E-state index in [1.165, 1.54) is 12.3 Å². The zero-order valence-corrected chi connectivity index (χ0v) is 20.2. The lowest BCUT2D eigenvalue weighted by molar-refractivity contribution is -0.132. The summed E-state index contributed by atoms with van der Waals surface area (Å²) in [6.07, 6.45) is 2.93. The summed E-state index contributed by atoms with van der Waals surface area (Å²) < 4.78 is 20.2. The summed E-state index contributed by atoms with van der Waals surface area (Å²) in [6, 6.07) is 7.36. The topological polar surface area (TPSA) is 83.0 Å². The fourth-order valence-corrected chi connectivity index (χ4v) is 4.09. The Morgan fingerprint density at radius 2 is 2.09 bits per heavy atom. The summed E-state index contributed by atoms with van der Waals surface area (Å²) in [5.74, 6) is 5.14. The number of fused-ring (bicyclic) bond motifs is 1. The molecule has 2 aromatic rings. The van der Waals surface area contributed by atoms with Crippen molar-refractivity contribution in [1.82, 2.24) is 14.8 Å². The Morgan fingerprint density at radius 1 is 1.34 bits per heavy atom. The molecule has 0 radical (unpaired) electrons. The predicted molar refractivity (Wildman–Crippen MR) is 128 cm³/mol. The number of hydrogen-bond acceptors (Lipinski definition) is 5. The van der Waals surface area contributed by atoms with Crippen LogP contribution in [0.2, 0.25) is 0 Å². The fourth-order valence-electron chi connectivity index (χ4n) is 4.09. The summed E-state index contributed by atoms with van der Waals surface area (Å²) in [5.41, 5.74) is 0.903. The van der Waals surface area contributed by atoms with Gasteiger partial charge in [-0.15, -0.1) is 0 Å². The number of halogens is 1. The van der Waals surface area contributed by atoms with Crippen LogP contribution in [-0.4, -0.2) is 70.6 Å². The first-order valence-electron chi connectivity index (χ1n) is 11.9. The van der Waals surface area contributed by atoms with Crippen LogP contribution >= 0.6 is 0 Å². The third-order valence-electron chi connectivity index (χ3n) is 6.49. The minimum absolute atomic E-state index is 0.0948. The number of carbonyl (C=O) groups excluding carboxylic acids is 2. The van der Waals surface area contributed by atoms with Gasteiger partial charge in [-0.05, 0) is 38.0 Å². The molecule has 1 aromatic carbocycles. The smallest absolute Gasteiger partial charge is 0.259 e.